The molecule has 1 aromatic heterocycles. The second-order valence-electron chi connectivity index (χ2n) is 12.1. The van der Waals surface area contributed by atoms with Crippen molar-refractivity contribution in [1.29, 1.82) is 0 Å². The maximum Gasteiger partial charge on any atom is 0.159 e. The van der Waals surface area contributed by atoms with Crippen molar-refractivity contribution >= 4 is 49.8 Å². The van der Waals surface area contributed by atoms with E-state index in [0.29, 0.717) is 0 Å². The van der Waals surface area contributed by atoms with Crippen molar-refractivity contribution < 1.29 is 4.42 Å². The molecule has 0 radical (unpaired) electrons. The van der Waals surface area contributed by atoms with Crippen LogP contribution in [0.3, 0.4) is 0 Å². The number of hydrogen-bond acceptors (Lipinski definition) is 2. The maximum absolute atomic E-state index is 7.01. The molecule has 9 rings (SSSR count). The summed E-state index contributed by atoms with van der Waals surface area (Å²) in [6.07, 6.45) is 0. The fourth-order valence-corrected chi connectivity index (χ4v) is 6.96. The monoisotopic (exact) mass is 613 g/mol. The molecule has 0 bridgehead atoms. The second-order valence-corrected chi connectivity index (χ2v) is 12.1. The van der Waals surface area contributed by atoms with E-state index in [1.165, 1.54) is 33.0 Å². The van der Waals surface area contributed by atoms with Crippen molar-refractivity contribution in [3.05, 3.63) is 188 Å². The Kier molecular flexibility index (Phi) is 6.84. The van der Waals surface area contributed by atoms with Gasteiger partial charge in [-0.1, -0.05) is 146 Å². The van der Waals surface area contributed by atoms with Crippen LogP contribution in [0, 0.1) is 0 Å². The first-order valence-electron chi connectivity index (χ1n) is 16.4. The third-order valence-corrected chi connectivity index (χ3v) is 9.24. The molecule has 0 spiro atoms. The van der Waals surface area contributed by atoms with E-state index in [9.17, 15) is 0 Å². The summed E-state index contributed by atoms with van der Waals surface area (Å²) in [6.45, 7) is 0. The summed E-state index contributed by atoms with van der Waals surface area (Å²) >= 11 is 0. The van der Waals surface area contributed by atoms with Crippen LogP contribution < -0.4 is 4.90 Å². The van der Waals surface area contributed by atoms with E-state index in [2.05, 4.69) is 193 Å². The number of nitrogens with zero attached hydrogens (tertiary/aromatic N) is 1. The summed E-state index contributed by atoms with van der Waals surface area (Å²) in [4.78, 5) is 2.30. The molecule has 8 aromatic carbocycles. The number of benzene rings is 8. The van der Waals surface area contributed by atoms with E-state index in [1.54, 1.807) is 0 Å². The van der Waals surface area contributed by atoms with Gasteiger partial charge in [-0.05, 0) is 81.1 Å². The first-order valence-corrected chi connectivity index (χ1v) is 16.4. The number of hydrogen-bond donors (Lipinski definition) is 0. The first-order chi connectivity index (χ1) is 23.8. The number of fused-ring (bicyclic) bond motifs is 5. The zero-order chi connectivity index (χ0) is 31.9. The molecule has 9 aromatic rings. The standard InChI is InChI=1S/C46H31NO/c1-4-14-32(15-5-1)35-19-12-20-36(30-35)33-26-28-39(29-27-33)47(38-21-8-3-9-22-38)43-25-13-24-41-44-40-23-11-10-18-37(40)31-42(46(44)48-45(41)43)34-16-6-2-7-17-34/h1-31H. The summed E-state index contributed by atoms with van der Waals surface area (Å²) < 4.78 is 7.01. The Labute approximate surface area is 279 Å². The molecule has 0 saturated carbocycles. The van der Waals surface area contributed by atoms with E-state index >= 15 is 0 Å². The molecule has 2 heteroatoms. The molecule has 48 heavy (non-hydrogen) atoms. The lowest BCUT2D eigenvalue weighted by Crippen LogP contribution is -2.10. The van der Waals surface area contributed by atoms with Crippen LogP contribution in [0.25, 0.3) is 66.1 Å². The Morgan fingerprint density at radius 3 is 1.62 bits per heavy atom. The van der Waals surface area contributed by atoms with Crippen molar-refractivity contribution in [2.75, 3.05) is 4.90 Å². The van der Waals surface area contributed by atoms with Gasteiger partial charge in [0.2, 0.25) is 0 Å². The lowest BCUT2D eigenvalue weighted by Gasteiger charge is -2.25. The van der Waals surface area contributed by atoms with Crippen LogP contribution >= 0.6 is 0 Å². The molecular weight excluding hydrogens is 583 g/mol. The molecule has 2 nitrogen and oxygen atoms in total. The highest BCUT2D eigenvalue weighted by molar-refractivity contribution is 6.24. The summed E-state index contributed by atoms with van der Waals surface area (Å²) in [5.74, 6) is 0. The van der Waals surface area contributed by atoms with E-state index < -0.39 is 0 Å². The highest BCUT2D eigenvalue weighted by Gasteiger charge is 2.22. The Morgan fingerprint density at radius 2 is 0.896 bits per heavy atom. The highest BCUT2D eigenvalue weighted by Crippen LogP contribution is 2.46. The molecule has 0 aliphatic rings. The van der Waals surface area contributed by atoms with Crippen molar-refractivity contribution in [3.63, 3.8) is 0 Å². The topological polar surface area (TPSA) is 16.4 Å². The summed E-state index contributed by atoms with van der Waals surface area (Å²) in [6, 6.07) is 66.6. The Morgan fingerprint density at radius 1 is 0.354 bits per heavy atom. The number of rotatable bonds is 6. The second kappa shape index (κ2) is 11.8. The Balaban J connectivity index is 1.22. The third kappa shape index (κ3) is 4.83. The van der Waals surface area contributed by atoms with E-state index in [4.69, 9.17) is 4.42 Å². The zero-order valence-corrected chi connectivity index (χ0v) is 26.3. The fraction of sp³-hybridized carbons (Fsp3) is 0. The molecule has 1 heterocycles. The van der Waals surface area contributed by atoms with Crippen LogP contribution in [-0.2, 0) is 0 Å². The van der Waals surface area contributed by atoms with Gasteiger partial charge in [0.25, 0.3) is 0 Å². The van der Waals surface area contributed by atoms with Crippen LogP contribution in [0.2, 0.25) is 0 Å². The van der Waals surface area contributed by atoms with Crippen LogP contribution in [-0.4, -0.2) is 0 Å². The average molecular weight is 614 g/mol. The molecule has 0 unspecified atom stereocenters. The first kappa shape index (κ1) is 27.9. The molecule has 0 atom stereocenters. The third-order valence-electron chi connectivity index (χ3n) is 9.24. The quantitative estimate of drug-likeness (QED) is 0.185. The van der Waals surface area contributed by atoms with Crippen molar-refractivity contribution in [2.45, 2.75) is 0 Å². The minimum atomic E-state index is 0.865. The van der Waals surface area contributed by atoms with Gasteiger partial charge < -0.3 is 9.32 Å². The average Bonchev–Trinajstić information content (AvgIpc) is 3.57. The zero-order valence-electron chi connectivity index (χ0n) is 26.3. The predicted molar refractivity (Wildman–Crippen MR) is 202 cm³/mol. The van der Waals surface area contributed by atoms with Gasteiger partial charge in [0.1, 0.15) is 5.58 Å². The molecule has 0 fully saturated rings. The SMILES string of the molecule is c1ccc(-c2cccc(-c3ccc(N(c4ccccc4)c4cccc5c4oc4c(-c6ccccc6)cc6ccccc6c45)cc3)c2)cc1. The van der Waals surface area contributed by atoms with Crippen molar-refractivity contribution in [3.8, 4) is 33.4 Å². The van der Waals surface area contributed by atoms with Crippen molar-refractivity contribution in [1.82, 2.24) is 0 Å². The smallest absolute Gasteiger partial charge is 0.159 e. The molecule has 0 N–H and O–H groups in total. The van der Waals surface area contributed by atoms with Crippen LogP contribution in [0.5, 0.6) is 0 Å². The Hall–Kier alpha value is -6.38. The normalized spacial score (nSPS) is 11.3. The molecule has 0 saturated heterocycles. The molecule has 0 aliphatic heterocycles. The van der Waals surface area contributed by atoms with Crippen LogP contribution in [0.4, 0.5) is 17.1 Å². The number of anilines is 3. The van der Waals surface area contributed by atoms with Gasteiger partial charge in [-0.15, -0.1) is 0 Å². The van der Waals surface area contributed by atoms with E-state index in [0.717, 1.165) is 50.1 Å². The largest absolute Gasteiger partial charge is 0.453 e. The molecule has 0 amide bonds. The van der Waals surface area contributed by atoms with Gasteiger partial charge in [0.05, 0.1) is 5.69 Å². The Bertz CT molecular complexity index is 2530. The van der Waals surface area contributed by atoms with Crippen molar-refractivity contribution in [2.24, 2.45) is 0 Å². The van der Waals surface area contributed by atoms with Gasteiger partial charge in [0.15, 0.2) is 5.58 Å². The maximum atomic E-state index is 7.01. The lowest BCUT2D eigenvalue weighted by atomic mass is 9.96. The van der Waals surface area contributed by atoms with Gasteiger partial charge in [0, 0.05) is 27.7 Å². The summed E-state index contributed by atoms with van der Waals surface area (Å²) in [7, 11) is 0. The highest BCUT2D eigenvalue weighted by atomic mass is 16.3. The minimum absolute atomic E-state index is 0.865. The molecular formula is C46H31NO. The van der Waals surface area contributed by atoms with Crippen LogP contribution in [0.15, 0.2) is 192 Å². The van der Waals surface area contributed by atoms with Gasteiger partial charge >= 0.3 is 0 Å². The fourth-order valence-electron chi connectivity index (χ4n) is 6.96. The minimum Gasteiger partial charge on any atom is -0.453 e. The van der Waals surface area contributed by atoms with Gasteiger partial charge in [-0.3, -0.25) is 0 Å². The summed E-state index contributed by atoms with van der Waals surface area (Å²) in [5, 5.41) is 4.64. The van der Waals surface area contributed by atoms with Gasteiger partial charge in [-0.25, -0.2) is 0 Å². The van der Waals surface area contributed by atoms with E-state index in [-0.39, 0.29) is 0 Å². The van der Waals surface area contributed by atoms with Crippen LogP contribution in [0.1, 0.15) is 0 Å². The predicted octanol–water partition coefficient (Wildman–Crippen LogP) is 13.2. The number of para-hydroxylation sites is 2. The lowest BCUT2D eigenvalue weighted by molar-refractivity contribution is 0.670. The summed E-state index contributed by atoms with van der Waals surface area (Å²) in [5.41, 5.74) is 11.9. The molecule has 0 aliphatic carbocycles. The number of furan rings is 1. The van der Waals surface area contributed by atoms with E-state index in [1.807, 2.05) is 0 Å². The van der Waals surface area contributed by atoms with Gasteiger partial charge in [-0.2, -0.15) is 0 Å². The molecule has 226 valence electrons.